The lowest BCUT2D eigenvalue weighted by Crippen LogP contribution is -2.53. The van der Waals surface area contributed by atoms with Crippen molar-refractivity contribution in [3.8, 4) is 0 Å². The molecule has 0 saturated carbocycles. The Kier molecular flexibility index (Phi) is 4.45. The van der Waals surface area contributed by atoms with Crippen molar-refractivity contribution in [3.05, 3.63) is 35.4 Å². The van der Waals surface area contributed by atoms with Gasteiger partial charge in [0.2, 0.25) is 0 Å². The van der Waals surface area contributed by atoms with Gasteiger partial charge in [-0.3, -0.25) is 4.79 Å². The minimum atomic E-state index is -5.33. The molecule has 0 saturated heterocycles. The monoisotopic (exact) mass is 329 g/mol. The first kappa shape index (κ1) is 17.8. The number of benzene rings is 1. The summed E-state index contributed by atoms with van der Waals surface area (Å²) in [4.78, 5) is 22.1. The van der Waals surface area contributed by atoms with Crippen LogP contribution in [0.4, 0.5) is 26.3 Å². The van der Waals surface area contributed by atoms with E-state index in [-0.39, 0.29) is 0 Å². The number of aliphatic carboxylic acids is 1. The lowest BCUT2D eigenvalue weighted by molar-refractivity contribution is -0.177. The molecule has 0 spiro atoms. The Hall–Kier alpha value is -2.26. The minimum absolute atomic E-state index is 0.439. The molecule has 0 fully saturated rings. The SMILES string of the molecule is CC(NC(=O)C(F)(F)F)(C(=O)O)c1ccc(C(F)(F)F)cc1. The molecule has 0 radical (unpaired) electrons. The minimum Gasteiger partial charge on any atom is -0.479 e. The summed E-state index contributed by atoms with van der Waals surface area (Å²) in [5.41, 5.74) is -4.08. The second kappa shape index (κ2) is 5.50. The van der Waals surface area contributed by atoms with Crippen LogP contribution in [-0.4, -0.2) is 23.2 Å². The number of hydrogen-bond donors (Lipinski definition) is 2. The molecule has 0 aliphatic rings. The molecule has 22 heavy (non-hydrogen) atoms. The van der Waals surface area contributed by atoms with E-state index in [1.54, 1.807) is 0 Å². The number of carboxylic acids is 1. The summed E-state index contributed by atoms with van der Waals surface area (Å²) in [6.45, 7) is 0.738. The Labute approximate surface area is 119 Å². The van der Waals surface area contributed by atoms with Crippen molar-refractivity contribution < 1.29 is 41.0 Å². The van der Waals surface area contributed by atoms with Crippen molar-refractivity contribution in [1.82, 2.24) is 5.32 Å². The number of nitrogens with one attached hydrogen (secondary N) is 1. The molecule has 4 nitrogen and oxygen atoms in total. The Morgan fingerprint density at radius 1 is 0.955 bits per heavy atom. The standard InChI is InChI=1S/C12H9F6NO3/c1-10(9(21)22,19-8(20)12(16,17)18)6-2-4-7(5-3-6)11(13,14)15/h2-5H,1H3,(H,19,20)(H,21,22). The maximum atomic E-state index is 12.4. The Morgan fingerprint density at radius 2 is 1.36 bits per heavy atom. The summed E-state index contributed by atoms with van der Waals surface area (Å²) >= 11 is 0. The number of carboxylic acid groups (broad SMARTS) is 1. The fourth-order valence-electron chi connectivity index (χ4n) is 1.54. The third kappa shape index (κ3) is 3.68. The zero-order chi connectivity index (χ0) is 17.3. The van der Waals surface area contributed by atoms with Crippen molar-refractivity contribution in [2.75, 3.05) is 0 Å². The average Bonchev–Trinajstić information content (AvgIpc) is 2.36. The van der Waals surface area contributed by atoms with Crippen molar-refractivity contribution in [2.45, 2.75) is 24.8 Å². The number of halogens is 6. The van der Waals surface area contributed by atoms with Crippen LogP contribution in [0.2, 0.25) is 0 Å². The number of alkyl halides is 6. The van der Waals surface area contributed by atoms with Gasteiger partial charge < -0.3 is 10.4 Å². The maximum Gasteiger partial charge on any atom is 0.471 e. The van der Waals surface area contributed by atoms with Gasteiger partial charge in [0.1, 0.15) is 0 Å². The van der Waals surface area contributed by atoms with E-state index in [9.17, 15) is 35.9 Å². The molecule has 1 rings (SSSR count). The molecule has 2 N–H and O–H groups in total. The Morgan fingerprint density at radius 3 is 1.68 bits per heavy atom. The summed E-state index contributed by atoms with van der Waals surface area (Å²) in [6.07, 6.45) is -10.0. The lowest BCUT2D eigenvalue weighted by Gasteiger charge is -2.27. The molecule has 0 heterocycles. The summed E-state index contributed by atoms with van der Waals surface area (Å²) < 4.78 is 73.9. The topological polar surface area (TPSA) is 66.4 Å². The average molecular weight is 329 g/mol. The van der Waals surface area contributed by atoms with E-state index >= 15 is 0 Å². The molecule has 1 aromatic carbocycles. The third-order valence-electron chi connectivity index (χ3n) is 2.84. The van der Waals surface area contributed by atoms with Crippen molar-refractivity contribution in [2.24, 2.45) is 0 Å². The van der Waals surface area contributed by atoms with E-state index in [2.05, 4.69) is 0 Å². The first-order chi connectivity index (χ1) is 9.78. The maximum absolute atomic E-state index is 12.4. The molecule has 1 unspecified atom stereocenters. The number of carbonyl (C=O) groups is 2. The van der Waals surface area contributed by atoms with Gasteiger partial charge in [0.15, 0.2) is 5.54 Å². The number of carbonyl (C=O) groups excluding carboxylic acids is 1. The predicted molar refractivity (Wildman–Crippen MR) is 60.6 cm³/mol. The van der Waals surface area contributed by atoms with Crippen LogP contribution in [0.15, 0.2) is 24.3 Å². The van der Waals surface area contributed by atoms with Gasteiger partial charge in [-0.25, -0.2) is 4.79 Å². The lowest BCUT2D eigenvalue weighted by atomic mass is 9.91. The first-order valence-electron chi connectivity index (χ1n) is 5.59. The summed E-state index contributed by atoms with van der Waals surface area (Å²) in [5.74, 6) is -4.37. The highest BCUT2D eigenvalue weighted by atomic mass is 19.4. The molecular formula is C12H9F6NO3. The van der Waals surface area contributed by atoms with Crippen LogP contribution >= 0.6 is 0 Å². The normalized spacial score (nSPS) is 15.0. The molecule has 0 aromatic heterocycles. The van der Waals surface area contributed by atoms with Crippen LogP contribution < -0.4 is 5.32 Å². The van der Waals surface area contributed by atoms with Crippen molar-refractivity contribution >= 4 is 11.9 Å². The van der Waals surface area contributed by atoms with E-state index < -0.39 is 40.9 Å². The van der Waals surface area contributed by atoms with E-state index in [1.807, 2.05) is 0 Å². The molecule has 1 aromatic rings. The van der Waals surface area contributed by atoms with Crippen molar-refractivity contribution in [3.63, 3.8) is 0 Å². The summed E-state index contributed by atoms with van der Waals surface area (Å²) in [7, 11) is 0. The molecule has 0 bridgehead atoms. The van der Waals surface area contributed by atoms with Gasteiger partial charge in [-0.15, -0.1) is 0 Å². The Balaban J connectivity index is 3.21. The van der Waals surface area contributed by atoms with Crippen LogP contribution in [-0.2, 0) is 21.3 Å². The number of amides is 1. The van der Waals surface area contributed by atoms with Crippen LogP contribution in [0.3, 0.4) is 0 Å². The van der Waals surface area contributed by atoms with Gasteiger partial charge in [0, 0.05) is 0 Å². The van der Waals surface area contributed by atoms with Crippen molar-refractivity contribution in [1.29, 1.82) is 0 Å². The second-order valence-corrected chi connectivity index (χ2v) is 4.46. The summed E-state index contributed by atoms with van der Waals surface area (Å²) in [5, 5.41) is 10.3. The zero-order valence-electron chi connectivity index (χ0n) is 10.8. The fraction of sp³-hybridized carbons (Fsp3) is 0.333. The zero-order valence-corrected chi connectivity index (χ0v) is 10.8. The van der Waals surface area contributed by atoms with Gasteiger partial charge in [0.25, 0.3) is 0 Å². The van der Waals surface area contributed by atoms with E-state index in [0.717, 1.165) is 6.92 Å². The molecule has 122 valence electrons. The molecule has 1 atom stereocenters. The van der Waals surface area contributed by atoms with Crippen LogP contribution in [0, 0.1) is 0 Å². The van der Waals surface area contributed by atoms with E-state index in [0.29, 0.717) is 24.3 Å². The molecule has 1 amide bonds. The highest BCUT2D eigenvalue weighted by Gasteiger charge is 2.46. The van der Waals surface area contributed by atoms with Crippen LogP contribution in [0.1, 0.15) is 18.1 Å². The van der Waals surface area contributed by atoms with Gasteiger partial charge >= 0.3 is 24.2 Å². The summed E-state index contributed by atoms with van der Waals surface area (Å²) in [6, 6.07) is 2.40. The largest absolute Gasteiger partial charge is 0.479 e. The smallest absolute Gasteiger partial charge is 0.471 e. The third-order valence-corrected chi connectivity index (χ3v) is 2.84. The first-order valence-corrected chi connectivity index (χ1v) is 5.59. The molecular weight excluding hydrogens is 320 g/mol. The predicted octanol–water partition coefficient (Wildman–Crippen LogP) is 2.68. The number of hydrogen-bond acceptors (Lipinski definition) is 2. The molecule has 0 aliphatic heterocycles. The van der Waals surface area contributed by atoms with Crippen LogP contribution in [0.25, 0.3) is 0 Å². The fourth-order valence-corrected chi connectivity index (χ4v) is 1.54. The quantitative estimate of drug-likeness (QED) is 0.838. The highest BCUT2D eigenvalue weighted by molar-refractivity contribution is 5.90. The molecule has 10 heteroatoms. The van der Waals surface area contributed by atoms with Gasteiger partial charge in [0.05, 0.1) is 5.56 Å². The van der Waals surface area contributed by atoms with Gasteiger partial charge in [-0.2, -0.15) is 26.3 Å². The Bertz CT molecular complexity index is 578. The molecule has 0 aliphatic carbocycles. The highest BCUT2D eigenvalue weighted by Crippen LogP contribution is 2.31. The van der Waals surface area contributed by atoms with E-state index in [4.69, 9.17) is 5.11 Å². The van der Waals surface area contributed by atoms with Crippen LogP contribution in [0.5, 0.6) is 0 Å². The second-order valence-electron chi connectivity index (χ2n) is 4.46. The van der Waals surface area contributed by atoms with Gasteiger partial charge in [-0.05, 0) is 24.6 Å². The van der Waals surface area contributed by atoms with Gasteiger partial charge in [-0.1, -0.05) is 12.1 Å². The number of rotatable bonds is 3. The van der Waals surface area contributed by atoms with E-state index in [1.165, 1.54) is 5.32 Å².